The first kappa shape index (κ1) is 26.4. The molecular formula is C24H42IN5O. The molecule has 31 heavy (non-hydrogen) atoms. The van der Waals surface area contributed by atoms with Gasteiger partial charge in [-0.1, -0.05) is 30.7 Å². The van der Waals surface area contributed by atoms with Crippen molar-refractivity contribution in [2.24, 2.45) is 4.99 Å². The van der Waals surface area contributed by atoms with E-state index in [1.165, 1.54) is 43.5 Å². The number of hydrogen-bond acceptors (Lipinski definition) is 4. The second kappa shape index (κ2) is 13.6. The van der Waals surface area contributed by atoms with E-state index in [-0.39, 0.29) is 29.5 Å². The Balaban J connectivity index is 0.00000341. The predicted octanol–water partition coefficient (Wildman–Crippen LogP) is 3.46. The quantitative estimate of drug-likeness (QED) is 0.299. The molecule has 7 heteroatoms. The lowest BCUT2D eigenvalue weighted by Crippen LogP contribution is -2.56. The molecule has 1 aromatic carbocycles. The minimum Gasteiger partial charge on any atom is -0.379 e. The first-order valence-electron chi connectivity index (χ1n) is 11.7. The Kier molecular flexibility index (Phi) is 11.6. The molecule has 0 aromatic heterocycles. The summed E-state index contributed by atoms with van der Waals surface area (Å²) in [6.07, 6.45) is 4.03. The van der Waals surface area contributed by atoms with Crippen molar-refractivity contribution in [2.75, 3.05) is 52.5 Å². The van der Waals surface area contributed by atoms with Gasteiger partial charge in [-0.15, -0.1) is 24.0 Å². The predicted molar refractivity (Wildman–Crippen MR) is 140 cm³/mol. The van der Waals surface area contributed by atoms with E-state index < -0.39 is 0 Å². The van der Waals surface area contributed by atoms with E-state index >= 15 is 0 Å². The second-order valence-corrected chi connectivity index (χ2v) is 9.07. The first-order valence-corrected chi connectivity index (χ1v) is 11.7. The van der Waals surface area contributed by atoms with Crippen molar-refractivity contribution >= 4 is 29.9 Å². The van der Waals surface area contributed by atoms with Crippen LogP contribution in [0.1, 0.15) is 51.2 Å². The Morgan fingerprint density at radius 1 is 1.00 bits per heavy atom. The largest absolute Gasteiger partial charge is 0.379 e. The van der Waals surface area contributed by atoms with Crippen molar-refractivity contribution in [3.8, 4) is 0 Å². The highest BCUT2D eigenvalue weighted by Gasteiger charge is 2.28. The number of hydrogen-bond donors (Lipinski definition) is 2. The van der Waals surface area contributed by atoms with Crippen molar-refractivity contribution in [1.29, 1.82) is 0 Å². The Bertz CT molecular complexity index is 670. The third-order valence-corrected chi connectivity index (χ3v) is 6.27. The van der Waals surface area contributed by atoms with Gasteiger partial charge in [-0.25, -0.2) is 4.99 Å². The van der Waals surface area contributed by atoms with Crippen LogP contribution in [0.3, 0.4) is 0 Å². The summed E-state index contributed by atoms with van der Waals surface area (Å²) in [6.45, 7) is 16.2. The van der Waals surface area contributed by atoms with Crippen LogP contribution in [0.25, 0.3) is 0 Å². The summed E-state index contributed by atoms with van der Waals surface area (Å²) in [7, 11) is 0. The van der Waals surface area contributed by atoms with Gasteiger partial charge in [0.15, 0.2) is 5.96 Å². The van der Waals surface area contributed by atoms with Gasteiger partial charge in [0, 0.05) is 38.3 Å². The smallest absolute Gasteiger partial charge is 0.191 e. The van der Waals surface area contributed by atoms with E-state index in [1.54, 1.807) is 0 Å². The lowest BCUT2D eigenvalue weighted by molar-refractivity contribution is -0.00834. The third kappa shape index (κ3) is 8.51. The van der Waals surface area contributed by atoms with Crippen molar-refractivity contribution in [3.05, 3.63) is 35.4 Å². The molecule has 0 saturated carbocycles. The van der Waals surface area contributed by atoms with Gasteiger partial charge in [0.25, 0.3) is 0 Å². The number of likely N-dealkylation sites (tertiary alicyclic amines) is 1. The van der Waals surface area contributed by atoms with Crippen LogP contribution in [-0.2, 0) is 17.8 Å². The fourth-order valence-corrected chi connectivity index (χ4v) is 4.31. The lowest BCUT2D eigenvalue weighted by atomic mass is 10.0. The molecule has 2 aliphatic rings. The zero-order chi connectivity index (χ0) is 21.2. The van der Waals surface area contributed by atoms with Gasteiger partial charge in [-0.2, -0.15) is 0 Å². The van der Waals surface area contributed by atoms with Crippen LogP contribution in [0.2, 0.25) is 0 Å². The number of halogens is 1. The Morgan fingerprint density at radius 2 is 1.68 bits per heavy atom. The van der Waals surface area contributed by atoms with E-state index in [1.807, 2.05) is 0 Å². The molecule has 0 atom stereocenters. The summed E-state index contributed by atoms with van der Waals surface area (Å²) < 4.78 is 5.51. The summed E-state index contributed by atoms with van der Waals surface area (Å²) in [5.41, 5.74) is 2.80. The number of guanidine groups is 1. The van der Waals surface area contributed by atoms with Crippen molar-refractivity contribution in [2.45, 2.75) is 58.7 Å². The SMILES string of the molecule is CCNC(=NCc1ccccc1CN1CCCCC1)NCC(C)(C)N1CCOCC1.I. The average Bonchev–Trinajstić information content (AvgIpc) is 2.78. The Labute approximate surface area is 206 Å². The molecule has 0 unspecified atom stereocenters. The van der Waals surface area contributed by atoms with Gasteiger partial charge in [-0.3, -0.25) is 9.80 Å². The van der Waals surface area contributed by atoms with Crippen LogP contribution in [0.5, 0.6) is 0 Å². The molecule has 0 spiro atoms. The molecular weight excluding hydrogens is 501 g/mol. The Hall–Kier alpha value is -0.900. The highest BCUT2D eigenvalue weighted by molar-refractivity contribution is 14.0. The van der Waals surface area contributed by atoms with E-state index in [4.69, 9.17) is 9.73 Å². The zero-order valence-electron chi connectivity index (χ0n) is 19.7. The number of piperidine rings is 1. The van der Waals surface area contributed by atoms with Crippen molar-refractivity contribution in [3.63, 3.8) is 0 Å². The molecule has 2 N–H and O–H groups in total. The molecule has 0 bridgehead atoms. The molecule has 0 radical (unpaired) electrons. The summed E-state index contributed by atoms with van der Waals surface area (Å²) in [6, 6.07) is 8.78. The normalized spacial score (nSPS) is 19.0. The molecule has 2 aliphatic heterocycles. The van der Waals surface area contributed by atoms with Crippen LogP contribution in [-0.4, -0.2) is 73.8 Å². The fourth-order valence-electron chi connectivity index (χ4n) is 4.31. The number of nitrogens with one attached hydrogen (secondary N) is 2. The minimum atomic E-state index is 0. The number of rotatable bonds is 8. The maximum Gasteiger partial charge on any atom is 0.191 e. The van der Waals surface area contributed by atoms with Gasteiger partial charge >= 0.3 is 0 Å². The molecule has 6 nitrogen and oxygen atoms in total. The van der Waals surface area contributed by atoms with E-state index in [9.17, 15) is 0 Å². The minimum absolute atomic E-state index is 0. The van der Waals surface area contributed by atoms with E-state index in [2.05, 4.69) is 65.5 Å². The molecule has 1 aromatic rings. The monoisotopic (exact) mass is 543 g/mol. The van der Waals surface area contributed by atoms with Gasteiger partial charge in [0.2, 0.25) is 0 Å². The maximum atomic E-state index is 5.51. The van der Waals surface area contributed by atoms with E-state index in [0.29, 0.717) is 6.54 Å². The Morgan fingerprint density at radius 3 is 2.35 bits per heavy atom. The molecule has 176 valence electrons. The molecule has 2 heterocycles. The number of benzene rings is 1. The average molecular weight is 544 g/mol. The number of nitrogens with zero attached hydrogens (tertiary/aromatic N) is 3. The molecule has 0 aliphatic carbocycles. The summed E-state index contributed by atoms with van der Waals surface area (Å²) in [5.74, 6) is 0.895. The molecule has 2 fully saturated rings. The zero-order valence-corrected chi connectivity index (χ0v) is 22.0. The maximum absolute atomic E-state index is 5.51. The second-order valence-electron chi connectivity index (χ2n) is 9.07. The van der Waals surface area contributed by atoms with Gasteiger partial charge in [0.05, 0.1) is 19.8 Å². The van der Waals surface area contributed by atoms with Gasteiger partial charge in [-0.05, 0) is 57.8 Å². The molecule has 3 rings (SSSR count). The lowest BCUT2D eigenvalue weighted by Gasteiger charge is -2.41. The number of morpholine rings is 1. The fraction of sp³-hybridized carbons (Fsp3) is 0.708. The number of ether oxygens (including phenoxy) is 1. The summed E-state index contributed by atoms with van der Waals surface area (Å²) in [5, 5.41) is 6.99. The third-order valence-electron chi connectivity index (χ3n) is 6.27. The summed E-state index contributed by atoms with van der Waals surface area (Å²) in [4.78, 5) is 10.0. The first-order chi connectivity index (χ1) is 14.6. The number of aliphatic imine (C=N–C) groups is 1. The van der Waals surface area contributed by atoms with Crippen LogP contribution >= 0.6 is 24.0 Å². The topological polar surface area (TPSA) is 52.1 Å². The van der Waals surface area contributed by atoms with Crippen LogP contribution in [0.4, 0.5) is 0 Å². The van der Waals surface area contributed by atoms with Crippen LogP contribution < -0.4 is 10.6 Å². The highest BCUT2D eigenvalue weighted by Crippen LogP contribution is 2.17. The van der Waals surface area contributed by atoms with Crippen molar-refractivity contribution in [1.82, 2.24) is 20.4 Å². The standard InChI is InChI=1S/C24H41N5O.HI/c1-4-25-23(27-20-24(2,3)29-14-16-30-17-15-29)26-18-21-10-6-7-11-22(21)19-28-12-8-5-9-13-28;/h6-7,10-11H,4-5,8-9,12-20H2,1-3H3,(H2,25,26,27);1H. The summed E-state index contributed by atoms with van der Waals surface area (Å²) >= 11 is 0. The van der Waals surface area contributed by atoms with Crippen LogP contribution in [0, 0.1) is 0 Å². The van der Waals surface area contributed by atoms with E-state index in [0.717, 1.165) is 51.9 Å². The molecule has 0 amide bonds. The van der Waals surface area contributed by atoms with Gasteiger partial charge < -0.3 is 15.4 Å². The van der Waals surface area contributed by atoms with Crippen LogP contribution in [0.15, 0.2) is 29.3 Å². The van der Waals surface area contributed by atoms with Crippen molar-refractivity contribution < 1.29 is 4.74 Å². The highest BCUT2D eigenvalue weighted by atomic mass is 127. The van der Waals surface area contributed by atoms with Gasteiger partial charge in [0.1, 0.15) is 0 Å². The molecule has 2 saturated heterocycles.